The zero-order valence-corrected chi connectivity index (χ0v) is 9.59. The van der Waals surface area contributed by atoms with Gasteiger partial charge < -0.3 is 15.3 Å². The molecule has 0 spiro atoms. The van der Waals surface area contributed by atoms with Crippen LogP contribution in [0.5, 0.6) is 0 Å². The third kappa shape index (κ3) is 1.90. The molecule has 1 atom stereocenters. The van der Waals surface area contributed by atoms with E-state index < -0.39 is 5.56 Å². The number of rotatable bonds is 2. The van der Waals surface area contributed by atoms with Crippen molar-refractivity contribution in [1.29, 1.82) is 0 Å². The first kappa shape index (κ1) is 11.0. The molecule has 2 aromatic rings. The van der Waals surface area contributed by atoms with Gasteiger partial charge in [-0.3, -0.25) is 9.78 Å². The lowest BCUT2D eigenvalue weighted by Gasteiger charge is -2.23. The van der Waals surface area contributed by atoms with E-state index >= 15 is 0 Å². The Balaban J connectivity index is 1.90. The first-order valence-electron chi connectivity index (χ1n) is 5.79. The predicted octanol–water partition coefficient (Wildman–Crippen LogP) is 0.295. The van der Waals surface area contributed by atoms with E-state index in [1.807, 2.05) is 0 Å². The molecule has 1 unspecified atom stereocenters. The zero-order valence-electron chi connectivity index (χ0n) is 9.59. The van der Waals surface area contributed by atoms with Gasteiger partial charge in [0.2, 0.25) is 5.95 Å². The van der Waals surface area contributed by atoms with Crippen LogP contribution in [0.2, 0.25) is 0 Å². The second kappa shape index (κ2) is 4.30. The zero-order chi connectivity index (χ0) is 12.5. The first-order chi connectivity index (χ1) is 8.74. The summed E-state index contributed by atoms with van der Waals surface area (Å²) in [7, 11) is 0. The topological polar surface area (TPSA) is 105 Å². The number of aromatic amines is 1. The highest BCUT2D eigenvalue weighted by Crippen LogP contribution is 2.14. The number of hydrogen-bond acceptors (Lipinski definition) is 6. The lowest BCUT2D eigenvalue weighted by molar-refractivity contribution is 0.0338. The van der Waals surface area contributed by atoms with E-state index in [0.717, 1.165) is 25.6 Å². The number of fused-ring (bicyclic) bond motifs is 1. The Hall–Kier alpha value is -2.09. The summed E-state index contributed by atoms with van der Waals surface area (Å²) in [4.78, 5) is 22.2. The highest BCUT2D eigenvalue weighted by atomic mass is 16.5. The molecule has 1 fully saturated rings. The molecule has 0 aromatic carbocycles. The fourth-order valence-corrected chi connectivity index (χ4v) is 1.99. The van der Waals surface area contributed by atoms with Gasteiger partial charge in [0, 0.05) is 6.61 Å². The van der Waals surface area contributed by atoms with Crippen LogP contribution < -0.4 is 10.9 Å². The van der Waals surface area contributed by atoms with Gasteiger partial charge in [0.25, 0.3) is 5.56 Å². The molecule has 8 nitrogen and oxygen atoms in total. The van der Waals surface area contributed by atoms with Gasteiger partial charge in [-0.25, -0.2) is 4.98 Å². The maximum Gasteiger partial charge on any atom is 0.282 e. The Kier molecular flexibility index (Phi) is 2.63. The Labute approximate surface area is 102 Å². The molecule has 0 saturated carbocycles. The van der Waals surface area contributed by atoms with Crippen molar-refractivity contribution in [2.45, 2.75) is 25.5 Å². The van der Waals surface area contributed by atoms with Gasteiger partial charge in [-0.1, -0.05) is 0 Å². The van der Waals surface area contributed by atoms with Crippen molar-refractivity contribution in [3.63, 3.8) is 0 Å². The fourth-order valence-electron chi connectivity index (χ4n) is 1.99. The molecular weight excluding hydrogens is 238 g/mol. The van der Waals surface area contributed by atoms with Gasteiger partial charge in [0.1, 0.15) is 12.6 Å². The van der Waals surface area contributed by atoms with E-state index in [-0.39, 0.29) is 17.4 Å². The molecule has 18 heavy (non-hydrogen) atoms. The van der Waals surface area contributed by atoms with E-state index in [1.165, 1.54) is 0 Å². The van der Waals surface area contributed by atoms with Crippen LogP contribution in [0.3, 0.4) is 0 Å². The summed E-state index contributed by atoms with van der Waals surface area (Å²) in [5.41, 5.74) is -0.219. The number of ether oxygens (including phenoxy) is 1. The molecule has 0 amide bonds. The maximum atomic E-state index is 11.7. The molecule has 1 aliphatic rings. The lowest BCUT2D eigenvalue weighted by Crippen LogP contribution is -2.29. The van der Waals surface area contributed by atoms with E-state index in [0.29, 0.717) is 17.3 Å². The molecule has 1 saturated heterocycles. The monoisotopic (exact) mass is 251 g/mol. The van der Waals surface area contributed by atoms with Crippen LogP contribution in [0.4, 0.5) is 5.95 Å². The summed E-state index contributed by atoms with van der Waals surface area (Å²) in [5.74, 6) is 0.304. The van der Waals surface area contributed by atoms with Crippen LogP contribution >= 0.6 is 0 Å². The van der Waals surface area contributed by atoms with Gasteiger partial charge in [-0.05, 0) is 19.3 Å². The largest absolute Gasteiger partial charge is 0.427 e. The number of nitrogens with one attached hydrogen (secondary N) is 2. The van der Waals surface area contributed by atoms with Crippen LogP contribution in [-0.4, -0.2) is 37.7 Å². The Morgan fingerprint density at radius 1 is 1.56 bits per heavy atom. The Bertz CT molecular complexity index is 613. The van der Waals surface area contributed by atoms with Crippen LogP contribution in [-0.2, 0) is 4.74 Å². The maximum absolute atomic E-state index is 11.7. The van der Waals surface area contributed by atoms with E-state index in [1.54, 1.807) is 0 Å². The minimum atomic E-state index is -0.446. The molecule has 2 aromatic heterocycles. The van der Waals surface area contributed by atoms with Crippen molar-refractivity contribution in [1.82, 2.24) is 19.7 Å². The van der Waals surface area contributed by atoms with Gasteiger partial charge in [-0.2, -0.15) is 9.71 Å². The second-order valence-electron chi connectivity index (χ2n) is 4.18. The van der Waals surface area contributed by atoms with Crippen molar-refractivity contribution in [2.75, 3.05) is 11.9 Å². The van der Waals surface area contributed by atoms with Crippen LogP contribution in [0.15, 0.2) is 11.1 Å². The Morgan fingerprint density at radius 2 is 2.44 bits per heavy atom. The van der Waals surface area contributed by atoms with Gasteiger partial charge in [-0.15, -0.1) is 0 Å². The number of aromatic nitrogens is 4. The SMILES string of the molecule is O=c1[nH]c(NC2CCCCO2)nc2ncn(O)c12. The first-order valence-corrected chi connectivity index (χ1v) is 5.79. The third-order valence-corrected chi connectivity index (χ3v) is 2.87. The second-order valence-corrected chi connectivity index (χ2v) is 4.18. The minimum Gasteiger partial charge on any atom is -0.427 e. The standard InChI is InChI=1S/C10H13N5O3/c16-9-7-8(11-5-15(7)17)13-10(14-9)12-6-3-1-2-4-18-6/h5-6,17H,1-4H2,(H2,12,13,14,16). The summed E-state index contributed by atoms with van der Waals surface area (Å²) < 4.78 is 6.15. The van der Waals surface area contributed by atoms with Crippen molar-refractivity contribution in [3.8, 4) is 0 Å². The number of imidazole rings is 1. The highest BCUT2D eigenvalue weighted by Gasteiger charge is 2.16. The van der Waals surface area contributed by atoms with Crippen molar-refractivity contribution < 1.29 is 9.94 Å². The number of hydrogen-bond donors (Lipinski definition) is 3. The van der Waals surface area contributed by atoms with E-state index in [2.05, 4.69) is 20.3 Å². The predicted molar refractivity (Wildman–Crippen MR) is 62.5 cm³/mol. The number of anilines is 1. The minimum absolute atomic E-state index is 0.0325. The molecule has 3 rings (SSSR count). The summed E-state index contributed by atoms with van der Waals surface area (Å²) in [5, 5.41) is 12.4. The number of H-pyrrole nitrogens is 1. The molecule has 0 bridgehead atoms. The average molecular weight is 251 g/mol. The molecule has 96 valence electrons. The smallest absolute Gasteiger partial charge is 0.282 e. The van der Waals surface area contributed by atoms with Crippen molar-refractivity contribution in [2.24, 2.45) is 0 Å². The molecule has 3 heterocycles. The quantitative estimate of drug-likeness (QED) is 0.663. The molecule has 3 N–H and O–H groups in total. The highest BCUT2D eigenvalue weighted by molar-refractivity contribution is 5.70. The van der Waals surface area contributed by atoms with E-state index in [4.69, 9.17) is 4.74 Å². The van der Waals surface area contributed by atoms with Crippen LogP contribution in [0.25, 0.3) is 11.2 Å². The number of nitrogens with zero attached hydrogens (tertiary/aromatic N) is 3. The fraction of sp³-hybridized carbons (Fsp3) is 0.500. The van der Waals surface area contributed by atoms with Crippen LogP contribution in [0, 0.1) is 0 Å². The Morgan fingerprint density at radius 3 is 3.22 bits per heavy atom. The molecular formula is C10H13N5O3. The molecule has 1 aliphatic heterocycles. The van der Waals surface area contributed by atoms with Crippen molar-refractivity contribution >= 4 is 17.1 Å². The van der Waals surface area contributed by atoms with E-state index in [9.17, 15) is 10.0 Å². The lowest BCUT2D eigenvalue weighted by atomic mass is 10.2. The van der Waals surface area contributed by atoms with Gasteiger partial charge in [0.05, 0.1) is 0 Å². The average Bonchev–Trinajstić information content (AvgIpc) is 2.72. The third-order valence-electron chi connectivity index (χ3n) is 2.87. The van der Waals surface area contributed by atoms with Gasteiger partial charge >= 0.3 is 0 Å². The summed E-state index contributed by atoms with van der Waals surface area (Å²) in [6.45, 7) is 0.704. The van der Waals surface area contributed by atoms with Gasteiger partial charge in [0.15, 0.2) is 11.2 Å². The normalized spacial score (nSPS) is 20.1. The summed E-state index contributed by atoms with van der Waals surface area (Å²) in [6.07, 6.45) is 3.99. The molecule has 0 aliphatic carbocycles. The summed E-state index contributed by atoms with van der Waals surface area (Å²) >= 11 is 0. The van der Waals surface area contributed by atoms with Crippen molar-refractivity contribution in [3.05, 3.63) is 16.7 Å². The summed E-state index contributed by atoms with van der Waals surface area (Å²) in [6, 6.07) is 0. The molecule has 0 radical (unpaired) electrons. The molecule has 8 heteroatoms. The van der Waals surface area contributed by atoms with Crippen LogP contribution in [0.1, 0.15) is 19.3 Å².